The van der Waals surface area contributed by atoms with Crippen molar-refractivity contribution in [2.24, 2.45) is 4.99 Å². The minimum atomic E-state index is 0.0353. The summed E-state index contributed by atoms with van der Waals surface area (Å²) in [7, 11) is 1.59. The molecule has 4 nitrogen and oxygen atoms in total. The van der Waals surface area contributed by atoms with Crippen LogP contribution in [0.25, 0.3) is 0 Å². The van der Waals surface area contributed by atoms with Gasteiger partial charge in [0.05, 0.1) is 19.6 Å². The van der Waals surface area contributed by atoms with Crippen molar-refractivity contribution in [3.05, 3.63) is 34.9 Å². The molecule has 1 amide bonds. The van der Waals surface area contributed by atoms with Crippen molar-refractivity contribution in [2.45, 2.75) is 6.42 Å². The zero-order valence-corrected chi connectivity index (χ0v) is 11.0. The van der Waals surface area contributed by atoms with E-state index in [0.717, 1.165) is 5.56 Å². The predicted octanol–water partition coefficient (Wildman–Crippen LogP) is 1.97. The van der Waals surface area contributed by atoms with E-state index in [1.165, 1.54) is 0 Å². The van der Waals surface area contributed by atoms with Gasteiger partial charge in [0, 0.05) is 24.2 Å². The largest absolute Gasteiger partial charge is 0.384 e. The van der Waals surface area contributed by atoms with Gasteiger partial charge in [-0.15, -0.1) is 0 Å². The third-order valence-corrected chi connectivity index (χ3v) is 2.98. The van der Waals surface area contributed by atoms with Crippen LogP contribution >= 0.6 is 11.6 Å². The lowest BCUT2D eigenvalue weighted by molar-refractivity contribution is -0.127. The monoisotopic (exact) mass is 266 g/mol. The maximum Gasteiger partial charge on any atom is 0.230 e. The lowest BCUT2D eigenvalue weighted by Gasteiger charge is -2.18. The van der Waals surface area contributed by atoms with Crippen LogP contribution in [-0.4, -0.2) is 43.4 Å². The summed E-state index contributed by atoms with van der Waals surface area (Å²) in [5.74, 6) is 0.742. The van der Waals surface area contributed by atoms with E-state index in [1.54, 1.807) is 18.1 Å². The third kappa shape index (κ3) is 2.89. The number of ether oxygens (including phenoxy) is 1. The molecule has 1 aromatic rings. The van der Waals surface area contributed by atoms with Crippen molar-refractivity contribution in [2.75, 3.05) is 26.8 Å². The molecule has 96 valence electrons. The first-order valence-electron chi connectivity index (χ1n) is 5.82. The van der Waals surface area contributed by atoms with Gasteiger partial charge in [-0.3, -0.25) is 14.7 Å². The first-order chi connectivity index (χ1) is 8.72. The van der Waals surface area contributed by atoms with Crippen LogP contribution in [0.4, 0.5) is 0 Å². The summed E-state index contributed by atoms with van der Waals surface area (Å²) in [5, 5.41) is 0.645. The molecule has 18 heavy (non-hydrogen) atoms. The second kappa shape index (κ2) is 5.98. The number of amidine groups is 1. The van der Waals surface area contributed by atoms with E-state index in [-0.39, 0.29) is 5.91 Å². The molecule has 0 aromatic heterocycles. The Bertz CT molecular complexity index is 474. The molecule has 1 heterocycles. The molecule has 1 aliphatic rings. The number of amides is 1. The maximum absolute atomic E-state index is 12.0. The molecular formula is C13H15ClN2O2. The first kappa shape index (κ1) is 13.1. The van der Waals surface area contributed by atoms with E-state index in [4.69, 9.17) is 16.3 Å². The molecule has 0 spiro atoms. The number of methoxy groups -OCH3 is 1. The van der Waals surface area contributed by atoms with Crippen LogP contribution in [-0.2, 0) is 9.53 Å². The molecule has 0 radical (unpaired) electrons. The van der Waals surface area contributed by atoms with Crippen LogP contribution in [0.1, 0.15) is 12.0 Å². The maximum atomic E-state index is 12.0. The Morgan fingerprint density at radius 3 is 3.11 bits per heavy atom. The second-order valence-electron chi connectivity index (χ2n) is 4.00. The molecule has 0 aliphatic carbocycles. The molecule has 0 atom stereocenters. The summed E-state index contributed by atoms with van der Waals surface area (Å²) in [6.07, 6.45) is 0.371. The number of carbonyl (C=O) groups excluding carboxylic acids is 1. The number of halogens is 1. The van der Waals surface area contributed by atoms with E-state index < -0.39 is 0 Å². The van der Waals surface area contributed by atoms with E-state index in [2.05, 4.69) is 4.99 Å². The number of hydrogen-bond donors (Lipinski definition) is 0. The van der Waals surface area contributed by atoms with Crippen LogP contribution in [0, 0.1) is 0 Å². The normalized spacial score (nSPS) is 14.8. The smallest absolute Gasteiger partial charge is 0.230 e. The standard InChI is InChI=1S/C13H15ClN2O2/c1-18-8-5-12(17)16-7-6-15-13(16)10-3-2-4-11(14)9-10/h2-4,9H,5-8H2,1H3. The number of rotatable bonds is 4. The van der Waals surface area contributed by atoms with E-state index in [1.807, 2.05) is 18.2 Å². The van der Waals surface area contributed by atoms with Crippen molar-refractivity contribution in [1.29, 1.82) is 0 Å². The van der Waals surface area contributed by atoms with Gasteiger partial charge < -0.3 is 4.74 Å². The van der Waals surface area contributed by atoms with Crippen molar-refractivity contribution < 1.29 is 9.53 Å². The quantitative estimate of drug-likeness (QED) is 0.836. The van der Waals surface area contributed by atoms with Crippen molar-refractivity contribution >= 4 is 23.3 Å². The lowest BCUT2D eigenvalue weighted by atomic mass is 10.2. The van der Waals surface area contributed by atoms with Gasteiger partial charge in [0.2, 0.25) is 5.91 Å². The number of benzene rings is 1. The number of hydrogen-bond acceptors (Lipinski definition) is 3. The molecule has 0 unspecified atom stereocenters. The van der Waals surface area contributed by atoms with Crippen LogP contribution in [0.5, 0.6) is 0 Å². The van der Waals surface area contributed by atoms with E-state index >= 15 is 0 Å². The summed E-state index contributed by atoms with van der Waals surface area (Å²) < 4.78 is 4.92. The molecule has 1 aliphatic heterocycles. The van der Waals surface area contributed by atoms with Gasteiger partial charge in [0.25, 0.3) is 0 Å². The van der Waals surface area contributed by atoms with Gasteiger partial charge in [-0.2, -0.15) is 0 Å². The van der Waals surface area contributed by atoms with Crippen molar-refractivity contribution in [1.82, 2.24) is 4.90 Å². The predicted molar refractivity (Wildman–Crippen MR) is 71.1 cm³/mol. The Morgan fingerprint density at radius 1 is 1.56 bits per heavy atom. The van der Waals surface area contributed by atoms with Gasteiger partial charge >= 0.3 is 0 Å². The highest BCUT2D eigenvalue weighted by molar-refractivity contribution is 6.31. The molecule has 0 bridgehead atoms. The van der Waals surface area contributed by atoms with Crippen LogP contribution in [0.3, 0.4) is 0 Å². The molecule has 5 heteroatoms. The SMILES string of the molecule is COCCC(=O)N1CCN=C1c1cccc(Cl)c1. The number of aliphatic imine (C=N–C) groups is 1. The van der Waals surface area contributed by atoms with Gasteiger partial charge in [-0.1, -0.05) is 23.7 Å². The van der Waals surface area contributed by atoms with Gasteiger partial charge in [-0.25, -0.2) is 0 Å². The van der Waals surface area contributed by atoms with Gasteiger partial charge in [-0.05, 0) is 12.1 Å². The highest BCUT2D eigenvalue weighted by Crippen LogP contribution is 2.16. The minimum absolute atomic E-state index is 0.0353. The zero-order chi connectivity index (χ0) is 13.0. The van der Waals surface area contributed by atoms with Crippen LogP contribution in [0.2, 0.25) is 5.02 Å². The van der Waals surface area contributed by atoms with E-state index in [0.29, 0.717) is 37.0 Å². The summed E-state index contributed by atoms with van der Waals surface area (Å²) in [4.78, 5) is 18.1. The van der Waals surface area contributed by atoms with Gasteiger partial charge in [0.1, 0.15) is 5.84 Å². The lowest BCUT2D eigenvalue weighted by Crippen LogP contribution is -2.35. The number of carbonyl (C=O) groups is 1. The molecule has 2 rings (SSSR count). The Morgan fingerprint density at radius 2 is 2.39 bits per heavy atom. The summed E-state index contributed by atoms with van der Waals surface area (Å²) in [6, 6.07) is 7.39. The average molecular weight is 267 g/mol. The summed E-state index contributed by atoms with van der Waals surface area (Å²) in [6.45, 7) is 1.70. The summed E-state index contributed by atoms with van der Waals surface area (Å²) >= 11 is 5.96. The Hall–Kier alpha value is -1.39. The Labute approximate surface area is 111 Å². The number of nitrogens with zero attached hydrogens (tertiary/aromatic N) is 2. The fourth-order valence-electron chi connectivity index (χ4n) is 1.89. The fourth-order valence-corrected chi connectivity index (χ4v) is 2.08. The molecule has 0 saturated heterocycles. The molecule has 0 saturated carbocycles. The Kier molecular flexibility index (Phi) is 4.33. The third-order valence-electron chi connectivity index (χ3n) is 2.74. The average Bonchev–Trinajstić information content (AvgIpc) is 2.85. The first-order valence-corrected chi connectivity index (χ1v) is 6.20. The Balaban J connectivity index is 2.15. The van der Waals surface area contributed by atoms with E-state index in [9.17, 15) is 4.79 Å². The van der Waals surface area contributed by atoms with Crippen LogP contribution in [0.15, 0.2) is 29.3 Å². The van der Waals surface area contributed by atoms with Crippen molar-refractivity contribution in [3.8, 4) is 0 Å². The topological polar surface area (TPSA) is 41.9 Å². The molecular weight excluding hydrogens is 252 g/mol. The highest BCUT2D eigenvalue weighted by Gasteiger charge is 2.24. The summed E-state index contributed by atoms with van der Waals surface area (Å²) in [5.41, 5.74) is 0.880. The zero-order valence-electron chi connectivity index (χ0n) is 10.2. The minimum Gasteiger partial charge on any atom is -0.384 e. The van der Waals surface area contributed by atoms with Crippen molar-refractivity contribution in [3.63, 3.8) is 0 Å². The van der Waals surface area contributed by atoms with Crippen LogP contribution < -0.4 is 0 Å². The fraction of sp³-hybridized carbons (Fsp3) is 0.385. The highest BCUT2D eigenvalue weighted by atomic mass is 35.5. The van der Waals surface area contributed by atoms with Gasteiger partial charge in [0.15, 0.2) is 0 Å². The molecule has 0 fully saturated rings. The molecule has 0 N–H and O–H groups in total. The molecule has 1 aromatic carbocycles. The second-order valence-corrected chi connectivity index (χ2v) is 4.44.